The summed E-state index contributed by atoms with van der Waals surface area (Å²) >= 11 is 0. The molecule has 10 heteroatoms. The molecule has 0 radical (unpaired) electrons. The number of ether oxygens (including phenoxy) is 2. The lowest BCUT2D eigenvalue weighted by Gasteiger charge is -2.61. The normalized spacial score (nSPS) is 21.3. The van der Waals surface area contributed by atoms with Crippen molar-refractivity contribution in [1.29, 1.82) is 0 Å². The number of anilines is 1. The summed E-state index contributed by atoms with van der Waals surface area (Å²) in [4.78, 5) is 11.1. The van der Waals surface area contributed by atoms with Gasteiger partial charge in [0.15, 0.2) is 11.5 Å². The van der Waals surface area contributed by atoms with Crippen molar-refractivity contribution in [1.82, 2.24) is 14.3 Å². The number of fused-ring (bicyclic) bond motifs is 1. The molecule has 29 heavy (non-hydrogen) atoms. The van der Waals surface area contributed by atoms with Crippen LogP contribution in [0.2, 0.25) is 0 Å². The van der Waals surface area contributed by atoms with Crippen LogP contribution in [-0.4, -0.2) is 62.1 Å². The first-order chi connectivity index (χ1) is 13.8. The monoisotopic (exact) mass is 419 g/mol. The molecule has 1 aromatic heterocycles. The van der Waals surface area contributed by atoms with E-state index < -0.39 is 10.2 Å². The molecule has 2 N–H and O–H groups in total. The van der Waals surface area contributed by atoms with Crippen LogP contribution in [0, 0.1) is 5.41 Å². The Hall–Kier alpha value is -2.17. The van der Waals surface area contributed by atoms with Gasteiger partial charge in [-0.25, -0.2) is 15.1 Å². The Bertz CT molecular complexity index is 1060. The van der Waals surface area contributed by atoms with E-state index in [-0.39, 0.29) is 17.5 Å². The van der Waals surface area contributed by atoms with Crippen molar-refractivity contribution in [2.24, 2.45) is 10.6 Å². The van der Waals surface area contributed by atoms with Gasteiger partial charge >= 0.3 is 0 Å². The Morgan fingerprint density at radius 2 is 1.76 bits per heavy atom. The zero-order valence-corrected chi connectivity index (χ0v) is 17.4. The molecule has 5 rings (SSSR count). The fourth-order valence-electron chi connectivity index (χ4n) is 4.96. The average Bonchev–Trinajstić information content (AvgIpc) is 3.44. The molecule has 2 heterocycles. The van der Waals surface area contributed by atoms with Crippen molar-refractivity contribution in [3.05, 3.63) is 18.5 Å². The van der Waals surface area contributed by atoms with Crippen LogP contribution in [0.5, 0.6) is 11.5 Å². The molecule has 3 aliphatic rings. The van der Waals surface area contributed by atoms with Crippen molar-refractivity contribution in [2.75, 3.05) is 32.2 Å². The molecule has 1 spiro atoms. The maximum atomic E-state index is 12.0. The number of rotatable bonds is 6. The van der Waals surface area contributed by atoms with Crippen molar-refractivity contribution >= 4 is 26.9 Å². The van der Waals surface area contributed by atoms with E-state index in [4.69, 9.17) is 14.6 Å². The highest BCUT2D eigenvalue weighted by Crippen LogP contribution is 2.53. The van der Waals surface area contributed by atoms with Crippen LogP contribution in [0.1, 0.15) is 25.7 Å². The molecule has 1 aliphatic heterocycles. The molecule has 3 fully saturated rings. The van der Waals surface area contributed by atoms with Gasteiger partial charge in [0, 0.05) is 42.0 Å². The van der Waals surface area contributed by atoms with Gasteiger partial charge < -0.3 is 14.4 Å². The maximum absolute atomic E-state index is 12.0. The molecule has 2 aromatic rings. The molecule has 1 saturated heterocycles. The van der Waals surface area contributed by atoms with Gasteiger partial charge in [-0.05, 0) is 31.7 Å². The van der Waals surface area contributed by atoms with Crippen LogP contribution in [-0.2, 0) is 10.2 Å². The maximum Gasteiger partial charge on any atom is 0.277 e. The van der Waals surface area contributed by atoms with E-state index in [9.17, 15) is 8.42 Å². The van der Waals surface area contributed by atoms with E-state index in [1.807, 2.05) is 12.1 Å². The minimum Gasteiger partial charge on any atom is -0.493 e. The van der Waals surface area contributed by atoms with Gasteiger partial charge in [-0.2, -0.15) is 12.7 Å². The molecule has 156 valence electrons. The molecule has 1 aromatic carbocycles. The largest absolute Gasteiger partial charge is 0.493 e. The van der Waals surface area contributed by atoms with Gasteiger partial charge in [0.25, 0.3) is 10.2 Å². The molecule has 0 atom stereocenters. The summed E-state index contributed by atoms with van der Waals surface area (Å²) in [7, 11) is -0.421. The van der Waals surface area contributed by atoms with Crippen LogP contribution in [0.3, 0.4) is 0 Å². The van der Waals surface area contributed by atoms with Gasteiger partial charge in [0.05, 0.1) is 19.7 Å². The highest BCUT2D eigenvalue weighted by molar-refractivity contribution is 7.86. The highest BCUT2D eigenvalue weighted by atomic mass is 32.2. The van der Waals surface area contributed by atoms with Crippen molar-refractivity contribution in [3.8, 4) is 11.5 Å². The van der Waals surface area contributed by atoms with Crippen molar-refractivity contribution < 1.29 is 17.9 Å². The minimum absolute atomic E-state index is 0.0335. The molecule has 0 bridgehead atoms. The van der Waals surface area contributed by atoms with Crippen LogP contribution in [0.4, 0.5) is 5.82 Å². The number of hydrogen-bond acceptors (Lipinski definition) is 7. The van der Waals surface area contributed by atoms with Gasteiger partial charge in [0.2, 0.25) is 0 Å². The topological polar surface area (TPSA) is 111 Å². The zero-order valence-electron chi connectivity index (χ0n) is 16.5. The first-order valence-electron chi connectivity index (χ1n) is 9.76. The average molecular weight is 420 g/mol. The number of methoxy groups -OCH3 is 2. The Labute approximate surface area is 170 Å². The Morgan fingerprint density at radius 3 is 2.34 bits per heavy atom. The molecule has 0 amide bonds. The van der Waals surface area contributed by atoms with Gasteiger partial charge in [-0.1, -0.05) is 0 Å². The second-order valence-electron chi connectivity index (χ2n) is 8.45. The van der Waals surface area contributed by atoms with Crippen LogP contribution >= 0.6 is 0 Å². The third-order valence-electron chi connectivity index (χ3n) is 6.37. The fraction of sp³-hybridized carbons (Fsp3) is 0.579. The summed E-state index contributed by atoms with van der Waals surface area (Å²) < 4.78 is 36.3. The SMILES string of the molecule is COc1cc2ncnc(N3CC4(CC(N(C5CC5)S(N)(=O)=O)C4)C3)c2cc1OC. The predicted octanol–water partition coefficient (Wildman–Crippen LogP) is 1.28. The summed E-state index contributed by atoms with van der Waals surface area (Å²) in [5.41, 5.74) is 0.949. The van der Waals surface area contributed by atoms with Gasteiger partial charge in [-0.15, -0.1) is 0 Å². The Kier molecular flexibility index (Phi) is 4.17. The Balaban J connectivity index is 1.33. The fourth-order valence-corrected chi connectivity index (χ4v) is 6.15. The molecule has 2 saturated carbocycles. The lowest BCUT2D eigenvalue weighted by atomic mass is 9.60. The molecule has 0 unspecified atom stereocenters. The van der Waals surface area contributed by atoms with Crippen LogP contribution in [0.15, 0.2) is 18.5 Å². The van der Waals surface area contributed by atoms with E-state index in [2.05, 4.69) is 14.9 Å². The van der Waals surface area contributed by atoms with Gasteiger partial charge in [-0.3, -0.25) is 0 Å². The highest BCUT2D eigenvalue weighted by Gasteiger charge is 2.57. The third-order valence-corrected chi connectivity index (χ3v) is 7.55. The number of nitrogens with two attached hydrogens (primary N) is 1. The smallest absolute Gasteiger partial charge is 0.277 e. The second kappa shape index (κ2) is 6.41. The standard InChI is InChI=1S/C19H25N5O4S/c1-27-16-5-14-15(6-17(16)28-2)21-11-22-18(14)23-9-19(10-23)7-13(8-19)24(12-3-4-12)29(20,25)26/h5-6,11-13H,3-4,7-10H2,1-2H3,(H2,20,25,26). The van der Waals surface area contributed by atoms with Gasteiger partial charge in [0.1, 0.15) is 12.1 Å². The van der Waals surface area contributed by atoms with Crippen LogP contribution < -0.4 is 19.5 Å². The first-order valence-corrected chi connectivity index (χ1v) is 11.3. The molecular formula is C19H25N5O4S. The van der Waals surface area contributed by atoms with Crippen molar-refractivity contribution in [2.45, 2.75) is 37.8 Å². The minimum atomic E-state index is -3.63. The number of hydrogen-bond donors (Lipinski definition) is 1. The van der Waals surface area contributed by atoms with E-state index in [1.54, 1.807) is 24.9 Å². The van der Waals surface area contributed by atoms with E-state index in [0.717, 1.165) is 55.5 Å². The lowest BCUT2D eigenvalue weighted by Crippen LogP contribution is -2.68. The number of nitrogens with zero attached hydrogens (tertiary/aromatic N) is 4. The van der Waals surface area contributed by atoms with E-state index in [0.29, 0.717) is 11.5 Å². The van der Waals surface area contributed by atoms with Crippen LogP contribution in [0.25, 0.3) is 10.9 Å². The predicted molar refractivity (Wildman–Crippen MR) is 108 cm³/mol. The Morgan fingerprint density at radius 1 is 1.10 bits per heavy atom. The summed E-state index contributed by atoms with van der Waals surface area (Å²) in [5, 5.41) is 6.38. The summed E-state index contributed by atoms with van der Waals surface area (Å²) in [6, 6.07) is 3.91. The second-order valence-corrected chi connectivity index (χ2v) is 9.90. The molecule has 2 aliphatic carbocycles. The summed E-state index contributed by atoms with van der Waals surface area (Å²) in [6.07, 6.45) is 5.12. The van der Waals surface area contributed by atoms with E-state index in [1.165, 1.54) is 0 Å². The van der Waals surface area contributed by atoms with Crippen molar-refractivity contribution in [3.63, 3.8) is 0 Å². The summed E-state index contributed by atoms with van der Waals surface area (Å²) in [6.45, 7) is 1.71. The third kappa shape index (κ3) is 3.10. The van der Waals surface area contributed by atoms with E-state index >= 15 is 0 Å². The molecule has 9 nitrogen and oxygen atoms in total. The first kappa shape index (κ1) is 18.8. The molecular weight excluding hydrogens is 394 g/mol. The number of benzene rings is 1. The lowest BCUT2D eigenvalue weighted by molar-refractivity contribution is 0.0110. The number of aromatic nitrogens is 2. The summed E-state index contributed by atoms with van der Waals surface area (Å²) in [5.74, 6) is 2.15. The zero-order chi connectivity index (χ0) is 20.4. The quantitative estimate of drug-likeness (QED) is 0.751.